The first kappa shape index (κ1) is 14.3. The monoisotopic (exact) mass is 288 g/mol. The van der Waals surface area contributed by atoms with E-state index in [1.807, 2.05) is 24.4 Å². The summed E-state index contributed by atoms with van der Waals surface area (Å²) in [5.74, 6) is 1.11. The number of nitrogens with zero attached hydrogens (tertiary/aromatic N) is 4. The number of aromatic nitrogens is 3. The van der Waals surface area contributed by atoms with E-state index in [2.05, 4.69) is 28.1 Å². The van der Waals surface area contributed by atoms with E-state index >= 15 is 0 Å². The van der Waals surface area contributed by atoms with Gasteiger partial charge in [-0.2, -0.15) is 9.61 Å². The van der Waals surface area contributed by atoms with E-state index in [-0.39, 0.29) is 0 Å². The van der Waals surface area contributed by atoms with Gasteiger partial charge in [0.1, 0.15) is 5.82 Å². The highest BCUT2D eigenvalue weighted by atomic mass is 16.5. The molecule has 0 aliphatic carbocycles. The molecule has 5 heteroatoms. The number of hydrogen-bond acceptors (Lipinski definition) is 4. The van der Waals surface area contributed by atoms with Crippen molar-refractivity contribution in [3.8, 4) is 0 Å². The van der Waals surface area contributed by atoms with E-state index in [1.54, 1.807) is 0 Å². The molecule has 1 saturated heterocycles. The van der Waals surface area contributed by atoms with Gasteiger partial charge in [0, 0.05) is 38.0 Å². The zero-order valence-corrected chi connectivity index (χ0v) is 13.2. The van der Waals surface area contributed by atoms with Gasteiger partial charge in [-0.3, -0.25) is 0 Å². The molecule has 5 nitrogen and oxygen atoms in total. The molecule has 21 heavy (non-hydrogen) atoms. The van der Waals surface area contributed by atoms with Gasteiger partial charge in [-0.05, 0) is 39.5 Å². The SMILES string of the molecule is Cc1cc(N(C)CCCC2CCCO2)n2nc(C)cc2n1. The van der Waals surface area contributed by atoms with Crippen molar-refractivity contribution in [2.75, 3.05) is 25.1 Å². The van der Waals surface area contributed by atoms with Crippen LogP contribution in [0.25, 0.3) is 5.65 Å². The van der Waals surface area contributed by atoms with Crippen molar-refractivity contribution in [2.45, 2.75) is 45.6 Å². The molecule has 0 aromatic carbocycles. The Morgan fingerprint density at radius 1 is 1.33 bits per heavy atom. The van der Waals surface area contributed by atoms with Gasteiger partial charge < -0.3 is 9.64 Å². The van der Waals surface area contributed by atoms with Gasteiger partial charge in [-0.1, -0.05) is 0 Å². The van der Waals surface area contributed by atoms with Gasteiger partial charge in [0.2, 0.25) is 0 Å². The number of aryl methyl sites for hydroxylation is 2. The molecule has 0 N–H and O–H groups in total. The fraction of sp³-hybridized carbons (Fsp3) is 0.625. The Bertz CT molecular complexity index is 616. The molecular weight excluding hydrogens is 264 g/mol. The summed E-state index contributed by atoms with van der Waals surface area (Å²) >= 11 is 0. The highest BCUT2D eigenvalue weighted by molar-refractivity contribution is 5.51. The maximum Gasteiger partial charge on any atom is 0.157 e. The predicted octanol–water partition coefficient (Wildman–Crippen LogP) is 2.74. The second kappa shape index (κ2) is 6.02. The highest BCUT2D eigenvalue weighted by Crippen LogP contribution is 2.20. The van der Waals surface area contributed by atoms with Crippen molar-refractivity contribution >= 4 is 11.5 Å². The third kappa shape index (κ3) is 3.18. The lowest BCUT2D eigenvalue weighted by atomic mass is 10.1. The van der Waals surface area contributed by atoms with Crippen molar-refractivity contribution in [2.24, 2.45) is 0 Å². The molecule has 0 radical (unpaired) electrons. The summed E-state index contributed by atoms with van der Waals surface area (Å²) < 4.78 is 7.63. The molecule has 1 atom stereocenters. The molecule has 1 aliphatic rings. The molecule has 0 bridgehead atoms. The fourth-order valence-electron chi connectivity index (χ4n) is 3.01. The summed E-state index contributed by atoms with van der Waals surface area (Å²) in [5, 5.41) is 4.55. The molecular formula is C16H24N4O. The second-order valence-corrected chi connectivity index (χ2v) is 6.01. The zero-order valence-electron chi connectivity index (χ0n) is 13.2. The summed E-state index contributed by atoms with van der Waals surface area (Å²) in [4.78, 5) is 6.80. The first-order valence-electron chi connectivity index (χ1n) is 7.80. The van der Waals surface area contributed by atoms with Crippen LogP contribution in [-0.4, -0.2) is 40.9 Å². The Morgan fingerprint density at radius 2 is 2.19 bits per heavy atom. The van der Waals surface area contributed by atoms with Gasteiger partial charge in [0.05, 0.1) is 11.8 Å². The highest BCUT2D eigenvalue weighted by Gasteiger charge is 2.16. The van der Waals surface area contributed by atoms with Gasteiger partial charge in [-0.25, -0.2) is 4.98 Å². The Labute approximate surface area is 125 Å². The molecule has 3 heterocycles. The lowest BCUT2D eigenvalue weighted by molar-refractivity contribution is 0.103. The molecule has 0 spiro atoms. The van der Waals surface area contributed by atoms with E-state index in [1.165, 1.54) is 12.8 Å². The van der Waals surface area contributed by atoms with Crippen LogP contribution < -0.4 is 4.90 Å². The van der Waals surface area contributed by atoms with Crippen LogP contribution in [-0.2, 0) is 4.74 Å². The third-order valence-corrected chi connectivity index (χ3v) is 4.09. The molecule has 114 valence electrons. The third-order valence-electron chi connectivity index (χ3n) is 4.09. The molecule has 0 amide bonds. The standard InChI is InChI=1S/C16H24N4O/c1-12-11-16(20-15(17-12)10-13(2)18-20)19(3)8-4-6-14-7-5-9-21-14/h10-11,14H,4-9H2,1-3H3. The first-order valence-corrected chi connectivity index (χ1v) is 7.80. The number of hydrogen-bond donors (Lipinski definition) is 0. The van der Waals surface area contributed by atoms with Crippen molar-refractivity contribution in [1.82, 2.24) is 14.6 Å². The minimum Gasteiger partial charge on any atom is -0.378 e. The molecule has 2 aromatic rings. The Hall–Kier alpha value is -1.62. The van der Waals surface area contributed by atoms with Crippen LogP contribution in [0.1, 0.15) is 37.1 Å². The van der Waals surface area contributed by atoms with Crippen molar-refractivity contribution in [3.05, 3.63) is 23.5 Å². The lowest BCUT2D eigenvalue weighted by Gasteiger charge is -2.21. The van der Waals surface area contributed by atoms with Gasteiger partial charge >= 0.3 is 0 Å². The van der Waals surface area contributed by atoms with Gasteiger partial charge in [0.25, 0.3) is 0 Å². The normalized spacial score (nSPS) is 18.5. The Kier molecular flexibility index (Phi) is 4.10. The summed E-state index contributed by atoms with van der Waals surface area (Å²) in [6, 6.07) is 4.13. The molecule has 2 aromatic heterocycles. The minimum absolute atomic E-state index is 0.476. The van der Waals surface area contributed by atoms with E-state index in [4.69, 9.17) is 4.74 Å². The van der Waals surface area contributed by atoms with Crippen LogP contribution in [0.2, 0.25) is 0 Å². The minimum atomic E-state index is 0.476. The van der Waals surface area contributed by atoms with Crippen LogP contribution in [0.15, 0.2) is 12.1 Å². The molecule has 1 unspecified atom stereocenters. The maximum atomic E-state index is 5.69. The zero-order chi connectivity index (χ0) is 14.8. The maximum absolute atomic E-state index is 5.69. The second-order valence-electron chi connectivity index (χ2n) is 6.01. The van der Waals surface area contributed by atoms with E-state index < -0.39 is 0 Å². The summed E-state index contributed by atoms with van der Waals surface area (Å²) in [6.45, 7) is 5.99. The Balaban J connectivity index is 1.69. The smallest absolute Gasteiger partial charge is 0.157 e. The fourth-order valence-corrected chi connectivity index (χ4v) is 3.01. The summed E-state index contributed by atoms with van der Waals surface area (Å²) in [5.41, 5.74) is 2.96. The summed E-state index contributed by atoms with van der Waals surface area (Å²) in [6.07, 6.45) is 5.21. The molecule has 1 fully saturated rings. The first-order chi connectivity index (χ1) is 10.1. The van der Waals surface area contributed by atoms with Crippen molar-refractivity contribution < 1.29 is 4.74 Å². The van der Waals surface area contributed by atoms with Crippen LogP contribution in [0.3, 0.4) is 0 Å². The number of anilines is 1. The van der Waals surface area contributed by atoms with Gasteiger partial charge in [0.15, 0.2) is 5.65 Å². The quantitative estimate of drug-likeness (QED) is 0.848. The van der Waals surface area contributed by atoms with E-state index in [9.17, 15) is 0 Å². The van der Waals surface area contributed by atoms with Crippen molar-refractivity contribution in [3.63, 3.8) is 0 Å². The number of ether oxygens (including phenoxy) is 1. The largest absolute Gasteiger partial charge is 0.378 e. The van der Waals surface area contributed by atoms with Crippen molar-refractivity contribution in [1.29, 1.82) is 0 Å². The number of fused-ring (bicyclic) bond motifs is 1. The van der Waals surface area contributed by atoms with E-state index in [0.29, 0.717) is 6.10 Å². The van der Waals surface area contributed by atoms with Gasteiger partial charge in [-0.15, -0.1) is 0 Å². The van der Waals surface area contributed by atoms with Crippen LogP contribution >= 0.6 is 0 Å². The molecule has 0 saturated carbocycles. The molecule has 1 aliphatic heterocycles. The molecule has 3 rings (SSSR count). The lowest BCUT2D eigenvalue weighted by Crippen LogP contribution is -2.23. The van der Waals surface area contributed by atoms with Crippen LogP contribution in [0, 0.1) is 13.8 Å². The number of rotatable bonds is 5. The average molecular weight is 288 g/mol. The average Bonchev–Trinajstić information content (AvgIpc) is 3.06. The predicted molar refractivity (Wildman–Crippen MR) is 83.9 cm³/mol. The van der Waals surface area contributed by atoms with Crippen LogP contribution in [0.4, 0.5) is 5.82 Å². The summed E-state index contributed by atoms with van der Waals surface area (Å²) in [7, 11) is 2.13. The Morgan fingerprint density at radius 3 is 2.95 bits per heavy atom. The van der Waals surface area contributed by atoms with E-state index in [0.717, 1.165) is 48.8 Å². The van der Waals surface area contributed by atoms with Crippen LogP contribution in [0.5, 0.6) is 0 Å². The topological polar surface area (TPSA) is 42.7 Å².